The highest BCUT2D eigenvalue weighted by Gasteiger charge is 2.21. The predicted octanol–water partition coefficient (Wildman–Crippen LogP) is 3.07. The quantitative estimate of drug-likeness (QED) is 0.527. The Morgan fingerprint density at radius 1 is 1.20 bits per heavy atom. The molecule has 0 saturated carbocycles. The van der Waals surface area contributed by atoms with Crippen molar-refractivity contribution in [3.63, 3.8) is 0 Å². The molecule has 1 aromatic carbocycles. The van der Waals surface area contributed by atoms with Crippen LogP contribution < -0.4 is 5.56 Å². The molecule has 20 heavy (non-hydrogen) atoms. The molecule has 0 unspecified atom stereocenters. The van der Waals surface area contributed by atoms with Crippen LogP contribution in [0.4, 0.5) is 0 Å². The number of benzene rings is 1. The number of rotatable bonds is 1. The molecule has 0 saturated heterocycles. The van der Waals surface area contributed by atoms with Gasteiger partial charge >= 0.3 is 0 Å². The number of aromatic nitrogens is 2. The van der Waals surface area contributed by atoms with Crippen molar-refractivity contribution in [3.8, 4) is 11.4 Å². The number of hydrogen-bond donors (Lipinski definition) is 0. The van der Waals surface area contributed by atoms with E-state index < -0.39 is 0 Å². The van der Waals surface area contributed by atoms with E-state index in [1.54, 1.807) is 16.7 Å². The van der Waals surface area contributed by atoms with Gasteiger partial charge in [0, 0.05) is 17.0 Å². The Hall–Kier alpha value is -2.68. The van der Waals surface area contributed by atoms with Crippen LogP contribution in [-0.2, 0) is 6.54 Å². The van der Waals surface area contributed by atoms with Gasteiger partial charge in [-0.05, 0) is 23.8 Å². The average molecular weight is 260 g/mol. The van der Waals surface area contributed by atoms with Crippen molar-refractivity contribution in [2.24, 2.45) is 0 Å². The normalized spacial score (nSPS) is 12.2. The van der Waals surface area contributed by atoms with Gasteiger partial charge in [-0.3, -0.25) is 4.79 Å². The lowest BCUT2D eigenvalue weighted by molar-refractivity contribution is 0.803. The number of para-hydroxylation sites is 1. The first-order valence-electron chi connectivity index (χ1n) is 6.52. The molecule has 0 atom stereocenters. The third-order valence-electron chi connectivity index (χ3n) is 3.76. The molecule has 0 amide bonds. The maximum absolute atomic E-state index is 12.1. The fourth-order valence-corrected chi connectivity index (χ4v) is 2.77. The zero-order valence-electron chi connectivity index (χ0n) is 10.8. The molecule has 0 N–H and O–H groups in total. The molecule has 4 rings (SSSR count). The van der Waals surface area contributed by atoms with Crippen molar-refractivity contribution in [2.45, 2.75) is 6.54 Å². The molecule has 3 heterocycles. The molecule has 1 aliphatic rings. The predicted molar refractivity (Wildman–Crippen MR) is 80.6 cm³/mol. The number of hydrogen-bond acceptors (Lipinski definition) is 2. The lowest BCUT2D eigenvalue weighted by Crippen LogP contribution is -2.17. The number of nitrogens with zero attached hydrogens (tertiary/aromatic N) is 2. The fourth-order valence-electron chi connectivity index (χ4n) is 2.77. The molecule has 0 bridgehead atoms. The van der Waals surface area contributed by atoms with Crippen molar-refractivity contribution in [3.05, 3.63) is 70.5 Å². The van der Waals surface area contributed by atoms with Crippen LogP contribution in [0.2, 0.25) is 0 Å². The molecule has 96 valence electrons. The second kappa shape index (κ2) is 3.90. The Balaban J connectivity index is 2.06. The third-order valence-corrected chi connectivity index (χ3v) is 3.76. The van der Waals surface area contributed by atoms with Crippen LogP contribution in [0.15, 0.2) is 53.8 Å². The van der Waals surface area contributed by atoms with Gasteiger partial charge < -0.3 is 4.57 Å². The summed E-state index contributed by atoms with van der Waals surface area (Å²) in [5.41, 5.74) is 4.68. The number of fused-ring (bicyclic) bond motifs is 4. The van der Waals surface area contributed by atoms with E-state index in [0.717, 1.165) is 33.4 Å². The van der Waals surface area contributed by atoms with Crippen LogP contribution in [0, 0.1) is 0 Å². The summed E-state index contributed by atoms with van der Waals surface area (Å²) in [6.07, 6.45) is 1.70. The molecular weight excluding hydrogens is 248 g/mol. The van der Waals surface area contributed by atoms with E-state index in [4.69, 9.17) is 4.98 Å². The summed E-state index contributed by atoms with van der Waals surface area (Å²) in [6.45, 7) is 4.33. The van der Waals surface area contributed by atoms with Gasteiger partial charge in [0.25, 0.3) is 5.56 Å². The number of pyridine rings is 2. The van der Waals surface area contributed by atoms with E-state index in [1.807, 2.05) is 30.3 Å². The molecule has 0 aliphatic carbocycles. The van der Waals surface area contributed by atoms with E-state index in [0.29, 0.717) is 6.54 Å². The second-order valence-electron chi connectivity index (χ2n) is 4.99. The zero-order valence-corrected chi connectivity index (χ0v) is 10.8. The smallest absolute Gasteiger partial charge is 0.251 e. The topological polar surface area (TPSA) is 34.9 Å². The van der Waals surface area contributed by atoms with Gasteiger partial charge in [-0.2, -0.15) is 0 Å². The van der Waals surface area contributed by atoms with Crippen LogP contribution in [0.1, 0.15) is 11.1 Å². The van der Waals surface area contributed by atoms with Crippen LogP contribution in [0.3, 0.4) is 0 Å². The van der Waals surface area contributed by atoms with Crippen LogP contribution in [0.25, 0.3) is 28.4 Å². The van der Waals surface area contributed by atoms with Gasteiger partial charge in [0.1, 0.15) is 0 Å². The molecule has 3 heteroatoms. The average Bonchev–Trinajstić information content (AvgIpc) is 2.83. The minimum Gasteiger partial charge on any atom is -0.302 e. The molecule has 0 radical (unpaired) electrons. The standard InChI is InChI=1S/C17H12N2O/c1-2-11-7-15-17-13(10-19(15)16(20)8-11)9-12-5-3-4-6-14(12)18-17/h2-9H,1,10H2. The van der Waals surface area contributed by atoms with Crippen molar-refractivity contribution >= 4 is 17.0 Å². The van der Waals surface area contributed by atoms with Gasteiger partial charge in [-0.1, -0.05) is 30.9 Å². The SMILES string of the molecule is C=Cc1cc2n(c(=O)c1)Cc1cc3ccccc3nc1-2. The largest absolute Gasteiger partial charge is 0.302 e. The minimum absolute atomic E-state index is 0.000504. The van der Waals surface area contributed by atoms with Crippen molar-refractivity contribution in [1.82, 2.24) is 9.55 Å². The van der Waals surface area contributed by atoms with Gasteiger partial charge in [0.05, 0.1) is 23.4 Å². The summed E-state index contributed by atoms with van der Waals surface area (Å²) in [4.78, 5) is 16.9. The van der Waals surface area contributed by atoms with Gasteiger partial charge in [0.2, 0.25) is 0 Å². The molecular formula is C17H12N2O. The highest BCUT2D eigenvalue weighted by atomic mass is 16.1. The van der Waals surface area contributed by atoms with Crippen LogP contribution in [0.5, 0.6) is 0 Å². The summed E-state index contributed by atoms with van der Waals surface area (Å²) < 4.78 is 1.77. The highest BCUT2D eigenvalue weighted by molar-refractivity contribution is 5.84. The molecule has 3 aromatic rings. The second-order valence-corrected chi connectivity index (χ2v) is 4.99. The lowest BCUT2D eigenvalue weighted by Gasteiger charge is -2.04. The first kappa shape index (κ1) is 11.2. The maximum Gasteiger partial charge on any atom is 0.251 e. The molecule has 3 nitrogen and oxygen atoms in total. The minimum atomic E-state index is -0.000504. The molecule has 1 aliphatic heterocycles. The highest BCUT2D eigenvalue weighted by Crippen LogP contribution is 2.31. The lowest BCUT2D eigenvalue weighted by atomic mass is 10.1. The van der Waals surface area contributed by atoms with E-state index in [1.165, 1.54) is 0 Å². The van der Waals surface area contributed by atoms with Crippen LogP contribution >= 0.6 is 0 Å². The molecule has 0 spiro atoms. The van der Waals surface area contributed by atoms with Crippen molar-refractivity contribution in [1.29, 1.82) is 0 Å². The monoisotopic (exact) mass is 260 g/mol. The Kier molecular flexibility index (Phi) is 2.18. The van der Waals surface area contributed by atoms with Gasteiger partial charge in [0.15, 0.2) is 0 Å². The summed E-state index contributed by atoms with van der Waals surface area (Å²) in [5.74, 6) is 0. The summed E-state index contributed by atoms with van der Waals surface area (Å²) in [5, 5.41) is 1.11. The first-order valence-corrected chi connectivity index (χ1v) is 6.52. The Labute approximate surface area is 115 Å². The van der Waals surface area contributed by atoms with E-state index in [2.05, 4.69) is 12.6 Å². The third kappa shape index (κ3) is 1.46. The zero-order chi connectivity index (χ0) is 13.7. The fraction of sp³-hybridized carbons (Fsp3) is 0.0588. The molecule has 2 aromatic heterocycles. The summed E-state index contributed by atoms with van der Waals surface area (Å²) >= 11 is 0. The Bertz CT molecular complexity index is 922. The van der Waals surface area contributed by atoms with Crippen LogP contribution in [-0.4, -0.2) is 9.55 Å². The Morgan fingerprint density at radius 2 is 2.05 bits per heavy atom. The first-order chi connectivity index (χ1) is 9.76. The van der Waals surface area contributed by atoms with Gasteiger partial charge in [-0.15, -0.1) is 0 Å². The maximum atomic E-state index is 12.1. The Morgan fingerprint density at radius 3 is 2.90 bits per heavy atom. The molecule has 0 fully saturated rings. The summed E-state index contributed by atoms with van der Waals surface area (Å²) in [6, 6.07) is 13.7. The van der Waals surface area contributed by atoms with Crippen molar-refractivity contribution < 1.29 is 0 Å². The van der Waals surface area contributed by atoms with Crippen molar-refractivity contribution in [2.75, 3.05) is 0 Å². The van der Waals surface area contributed by atoms with E-state index in [9.17, 15) is 4.79 Å². The van der Waals surface area contributed by atoms with E-state index >= 15 is 0 Å². The van der Waals surface area contributed by atoms with E-state index in [-0.39, 0.29) is 5.56 Å². The van der Waals surface area contributed by atoms with Gasteiger partial charge in [-0.25, -0.2) is 4.98 Å². The summed E-state index contributed by atoms with van der Waals surface area (Å²) in [7, 11) is 0.